The van der Waals surface area contributed by atoms with Gasteiger partial charge in [-0.05, 0) is 44.5 Å². The summed E-state index contributed by atoms with van der Waals surface area (Å²) in [7, 11) is 0. The molecule has 1 atom stereocenters. The number of aryl methyl sites for hydroxylation is 2. The van der Waals surface area contributed by atoms with Gasteiger partial charge in [-0.15, -0.1) is 0 Å². The molecule has 25 heavy (non-hydrogen) atoms. The van der Waals surface area contributed by atoms with Crippen LogP contribution < -0.4 is 4.74 Å². The van der Waals surface area contributed by atoms with Crippen molar-refractivity contribution in [1.29, 1.82) is 0 Å². The number of rotatable bonds is 5. The third-order valence-electron chi connectivity index (χ3n) is 4.61. The number of hydrogen-bond acceptors (Lipinski definition) is 4. The molecule has 1 aromatic carbocycles. The molecular formula is C18H22FN3O3. The number of aromatic amines is 1. The van der Waals surface area contributed by atoms with Crippen LogP contribution in [0.5, 0.6) is 5.75 Å². The summed E-state index contributed by atoms with van der Waals surface area (Å²) in [5.74, 6) is 0.114. The van der Waals surface area contributed by atoms with Gasteiger partial charge in [-0.3, -0.25) is 9.89 Å². The maximum absolute atomic E-state index is 12.9. The Bertz CT molecular complexity index is 740. The molecule has 2 heterocycles. The fourth-order valence-electron chi connectivity index (χ4n) is 3.03. The maximum Gasteiger partial charge on any atom is 0.227 e. The molecule has 134 valence electrons. The highest BCUT2D eigenvalue weighted by Crippen LogP contribution is 2.24. The van der Waals surface area contributed by atoms with E-state index in [4.69, 9.17) is 4.74 Å². The van der Waals surface area contributed by atoms with Gasteiger partial charge in [0.2, 0.25) is 5.91 Å². The standard InChI is InChI=1S/C18H22FN3O3/c1-12-16(13(2)21-20-12)9-17(23)22-8-7-18(24,10-22)11-25-15-5-3-14(19)4-6-15/h3-6,24H,7-11H2,1-2H3,(H,20,21)/t18-/m0/s1. The molecule has 0 unspecified atom stereocenters. The smallest absolute Gasteiger partial charge is 0.227 e. The van der Waals surface area contributed by atoms with Crippen molar-refractivity contribution >= 4 is 5.91 Å². The number of β-amino-alcohol motifs (C(OH)–C–C–N with tert-alkyl or cyclic N) is 1. The second-order valence-corrected chi connectivity index (χ2v) is 6.62. The van der Waals surface area contributed by atoms with E-state index in [1.165, 1.54) is 24.3 Å². The third-order valence-corrected chi connectivity index (χ3v) is 4.61. The molecule has 1 saturated heterocycles. The van der Waals surface area contributed by atoms with E-state index >= 15 is 0 Å². The second-order valence-electron chi connectivity index (χ2n) is 6.62. The van der Waals surface area contributed by atoms with Crippen LogP contribution in [0.25, 0.3) is 0 Å². The Balaban J connectivity index is 1.56. The maximum atomic E-state index is 12.9. The number of nitrogens with one attached hydrogen (secondary N) is 1. The summed E-state index contributed by atoms with van der Waals surface area (Å²) in [5, 5.41) is 17.6. The van der Waals surface area contributed by atoms with E-state index in [2.05, 4.69) is 10.2 Å². The van der Waals surface area contributed by atoms with Gasteiger partial charge in [-0.2, -0.15) is 5.10 Å². The molecule has 0 aliphatic carbocycles. The van der Waals surface area contributed by atoms with Crippen LogP contribution in [0.15, 0.2) is 24.3 Å². The Morgan fingerprint density at radius 2 is 2.12 bits per heavy atom. The molecule has 1 amide bonds. The number of nitrogens with zero attached hydrogens (tertiary/aromatic N) is 2. The summed E-state index contributed by atoms with van der Waals surface area (Å²) >= 11 is 0. The third kappa shape index (κ3) is 3.99. The lowest BCUT2D eigenvalue weighted by Gasteiger charge is -2.23. The molecule has 1 fully saturated rings. The van der Waals surface area contributed by atoms with Crippen molar-refractivity contribution in [3.63, 3.8) is 0 Å². The zero-order valence-corrected chi connectivity index (χ0v) is 14.4. The van der Waals surface area contributed by atoms with Crippen LogP contribution in [-0.4, -0.2) is 51.4 Å². The molecular weight excluding hydrogens is 325 g/mol. The quantitative estimate of drug-likeness (QED) is 0.864. The lowest BCUT2D eigenvalue weighted by atomic mass is 10.1. The van der Waals surface area contributed by atoms with Crippen LogP contribution >= 0.6 is 0 Å². The molecule has 0 spiro atoms. The molecule has 2 N–H and O–H groups in total. The second kappa shape index (κ2) is 6.84. The number of hydrogen-bond donors (Lipinski definition) is 2. The predicted molar refractivity (Wildman–Crippen MR) is 89.8 cm³/mol. The van der Waals surface area contributed by atoms with Crippen molar-refractivity contribution in [2.75, 3.05) is 19.7 Å². The first-order chi connectivity index (χ1) is 11.9. The first-order valence-electron chi connectivity index (χ1n) is 8.25. The van der Waals surface area contributed by atoms with Crippen LogP contribution in [0.3, 0.4) is 0 Å². The van der Waals surface area contributed by atoms with Crippen LogP contribution in [0, 0.1) is 19.7 Å². The van der Waals surface area contributed by atoms with Crippen molar-refractivity contribution in [3.05, 3.63) is 47.0 Å². The molecule has 3 rings (SSSR count). The Labute approximate surface area is 145 Å². The Morgan fingerprint density at radius 1 is 1.40 bits per heavy atom. The molecule has 6 nitrogen and oxygen atoms in total. The van der Waals surface area contributed by atoms with E-state index in [0.29, 0.717) is 18.7 Å². The number of amides is 1. The number of carbonyl (C=O) groups is 1. The van der Waals surface area contributed by atoms with Gasteiger partial charge in [0, 0.05) is 17.8 Å². The monoisotopic (exact) mass is 347 g/mol. The first kappa shape index (κ1) is 17.4. The lowest BCUT2D eigenvalue weighted by molar-refractivity contribution is -0.130. The minimum Gasteiger partial charge on any atom is -0.491 e. The minimum atomic E-state index is -1.09. The predicted octanol–water partition coefficient (Wildman–Crippen LogP) is 1.75. The van der Waals surface area contributed by atoms with Gasteiger partial charge in [-0.25, -0.2) is 4.39 Å². The Kier molecular flexibility index (Phi) is 4.76. The van der Waals surface area contributed by atoms with Crippen molar-refractivity contribution < 1.29 is 19.0 Å². The van der Waals surface area contributed by atoms with E-state index in [0.717, 1.165) is 17.0 Å². The average Bonchev–Trinajstić information content (AvgIpc) is 3.12. The fourth-order valence-corrected chi connectivity index (χ4v) is 3.03. The van der Waals surface area contributed by atoms with Gasteiger partial charge in [-0.1, -0.05) is 0 Å². The van der Waals surface area contributed by atoms with E-state index in [-0.39, 0.29) is 31.3 Å². The lowest BCUT2D eigenvalue weighted by Crippen LogP contribution is -2.41. The summed E-state index contributed by atoms with van der Waals surface area (Å²) < 4.78 is 18.5. The zero-order chi connectivity index (χ0) is 18.0. The SMILES string of the molecule is Cc1n[nH]c(C)c1CC(=O)N1CC[C@@](O)(COc2ccc(F)cc2)C1. The van der Waals surface area contributed by atoms with Crippen LogP contribution in [-0.2, 0) is 11.2 Å². The zero-order valence-electron chi connectivity index (χ0n) is 14.4. The highest BCUT2D eigenvalue weighted by Gasteiger charge is 2.39. The van der Waals surface area contributed by atoms with Gasteiger partial charge in [0.25, 0.3) is 0 Å². The number of halogens is 1. The largest absolute Gasteiger partial charge is 0.491 e. The van der Waals surface area contributed by atoms with Crippen LogP contribution in [0.1, 0.15) is 23.4 Å². The number of carbonyl (C=O) groups excluding carboxylic acids is 1. The topological polar surface area (TPSA) is 78.5 Å². The Morgan fingerprint density at radius 3 is 2.76 bits per heavy atom. The molecule has 1 aliphatic rings. The summed E-state index contributed by atoms with van der Waals surface area (Å²) in [5.41, 5.74) is 1.52. The van der Waals surface area contributed by atoms with Crippen molar-refractivity contribution in [2.24, 2.45) is 0 Å². The van der Waals surface area contributed by atoms with E-state index in [9.17, 15) is 14.3 Å². The van der Waals surface area contributed by atoms with Crippen LogP contribution in [0.2, 0.25) is 0 Å². The highest BCUT2D eigenvalue weighted by atomic mass is 19.1. The van der Waals surface area contributed by atoms with E-state index in [1.54, 1.807) is 4.90 Å². The number of ether oxygens (including phenoxy) is 1. The summed E-state index contributed by atoms with van der Waals surface area (Å²) in [4.78, 5) is 14.2. The normalized spacial score (nSPS) is 20.1. The van der Waals surface area contributed by atoms with Crippen molar-refractivity contribution in [3.8, 4) is 5.75 Å². The summed E-state index contributed by atoms with van der Waals surface area (Å²) in [6, 6.07) is 5.64. The molecule has 0 saturated carbocycles. The number of H-pyrrole nitrogens is 1. The molecule has 0 bridgehead atoms. The summed E-state index contributed by atoms with van der Waals surface area (Å²) in [6.45, 7) is 4.52. The minimum absolute atomic E-state index is 0.0368. The molecule has 1 aliphatic heterocycles. The number of likely N-dealkylation sites (tertiary alicyclic amines) is 1. The van der Waals surface area contributed by atoms with E-state index < -0.39 is 5.60 Å². The van der Waals surface area contributed by atoms with Gasteiger partial charge in [0.05, 0.1) is 18.7 Å². The highest BCUT2D eigenvalue weighted by molar-refractivity contribution is 5.79. The van der Waals surface area contributed by atoms with E-state index in [1.807, 2.05) is 13.8 Å². The van der Waals surface area contributed by atoms with Crippen molar-refractivity contribution in [1.82, 2.24) is 15.1 Å². The summed E-state index contributed by atoms with van der Waals surface area (Å²) in [6.07, 6.45) is 0.715. The van der Waals surface area contributed by atoms with Gasteiger partial charge in [0.15, 0.2) is 0 Å². The fraction of sp³-hybridized carbons (Fsp3) is 0.444. The molecule has 0 radical (unpaired) electrons. The number of benzene rings is 1. The number of aliphatic hydroxyl groups is 1. The van der Waals surface area contributed by atoms with Crippen molar-refractivity contribution in [2.45, 2.75) is 32.3 Å². The molecule has 2 aromatic rings. The van der Waals surface area contributed by atoms with Gasteiger partial charge in [0.1, 0.15) is 23.8 Å². The average molecular weight is 347 g/mol. The first-order valence-corrected chi connectivity index (χ1v) is 8.25. The molecule has 1 aromatic heterocycles. The molecule has 7 heteroatoms. The van der Waals surface area contributed by atoms with Crippen LogP contribution in [0.4, 0.5) is 4.39 Å². The Hall–Kier alpha value is -2.41. The number of aromatic nitrogens is 2. The van der Waals surface area contributed by atoms with Gasteiger partial charge < -0.3 is 14.7 Å². The van der Waals surface area contributed by atoms with Gasteiger partial charge >= 0.3 is 0 Å².